The minimum absolute atomic E-state index is 0.0718. The first-order valence-electron chi connectivity index (χ1n) is 9.45. The summed E-state index contributed by atoms with van der Waals surface area (Å²) in [4.78, 5) is 25.5. The van der Waals surface area contributed by atoms with Gasteiger partial charge >= 0.3 is 0 Å². The maximum absolute atomic E-state index is 13.0. The summed E-state index contributed by atoms with van der Waals surface area (Å²) in [6, 6.07) is 7.07. The van der Waals surface area contributed by atoms with Crippen molar-refractivity contribution in [3.05, 3.63) is 62.2 Å². The number of nitrogens with zero attached hydrogens (tertiary/aromatic N) is 1. The summed E-state index contributed by atoms with van der Waals surface area (Å²) in [5.74, 6) is 0.484. The molecule has 1 aromatic carbocycles. The van der Waals surface area contributed by atoms with Crippen LogP contribution in [-0.2, 0) is 19.3 Å². The summed E-state index contributed by atoms with van der Waals surface area (Å²) in [7, 11) is 0. The zero-order chi connectivity index (χ0) is 20.0. The number of carbonyl (C=O) groups is 1. The van der Waals surface area contributed by atoms with E-state index in [1.807, 2.05) is 20.8 Å². The first-order chi connectivity index (χ1) is 12.9. The van der Waals surface area contributed by atoms with Gasteiger partial charge in [0.25, 0.3) is 5.91 Å². The Bertz CT molecular complexity index is 911. The lowest BCUT2D eigenvalue weighted by molar-refractivity contribution is 0.102. The molecule has 1 amide bonds. The topological polar surface area (TPSA) is 83.1 Å². The molecule has 0 fully saturated rings. The number of rotatable bonds is 7. The minimum atomic E-state index is -0.455. The van der Waals surface area contributed by atoms with Crippen molar-refractivity contribution >= 4 is 11.6 Å². The fraction of sp³-hybridized carbons (Fsp3) is 0.409. The normalized spacial score (nSPS) is 10.5. The van der Waals surface area contributed by atoms with Crippen molar-refractivity contribution in [2.24, 2.45) is 0 Å². The van der Waals surface area contributed by atoms with E-state index in [9.17, 15) is 14.9 Å². The van der Waals surface area contributed by atoms with Gasteiger partial charge in [-0.2, -0.15) is 5.26 Å². The molecule has 0 atom stereocenters. The van der Waals surface area contributed by atoms with E-state index in [4.69, 9.17) is 4.42 Å². The van der Waals surface area contributed by atoms with Crippen molar-refractivity contribution in [2.45, 2.75) is 59.8 Å². The van der Waals surface area contributed by atoms with Crippen LogP contribution in [0.3, 0.4) is 0 Å². The van der Waals surface area contributed by atoms with Crippen LogP contribution in [-0.4, -0.2) is 5.91 Å². The highest BCUT2D eigenvalue weighted by atomic mass is 16.3. The quantitative estimate of drug-likeness (QED) is 0.780. The first kappa shape index (κ1) is 20.4. The molecule has 2 rings (SSSR count). The molecule has 0 aliphatic carbocycles. The second-order valence-electron chi connectivity index (χ2n) is 6.57. The Labute approximate surface area is 160 Å². The molecule has 0 unspecified atom stereocenters. The van der Waals surface area contributed by atoms with Crippen LogP contribution in [0.25, 0.3) is 0 Å². The van der Waals surface area contributed by atoms with E-state index in [2.05, 4.69) is 11.4 Å². The zero-order valence-corrected chi connectivity index (χ0v) is 16.4. The molecule has 1 N–H and O–H groups in total. The van der Waals surface area contributed by atoms with Crippen LogP contribution in [0.4, 0.5) is 5.69 Å². The number of benzene rings is 1. The van der Waals surface area contributed by atoms with Crippen molar-refractivity contribution in [1.29, 1.82) is 5.26 Å². The van der Waals surface area contributed by atoms with E-state index in [0.717, 1.165) is 24.0 Å². The SMILES string of the molecule is CCCCc1oc(C)cc(=O)c1C(=O)Nc1c(CC)cc(C#N)cc1CC. The van der Waals surface area contributed by atoms with E-state index in [1.54, 1.807) is 19.1 Å². The molecule has 0 saturated carbocycles. The Kier molecular flexibility index (Phi) is 6.95. The summed E-state index contributed by atoms with van der Waals surface area (Å²) in [5.41, 5.74) is 2.76. The van der Waals surface area contributed by atoms with Crippen LogP contribution in [0.1, 0.15) is 72.2 Å². The first-order valence-corrected chi connectivity index (χ1v) is 9.45. The van der Waals surface area contributed by atoms with Gasteiger partial charge in [-0.1, -0.05) is 27.2 Å². The number of hydrogen-bond donors (Lipinski definition) is 1. The molecule has 142 valence electrons. The average molecular weight is 366 g/mol. The predicted octanol–water partition coefficient (Wildman–Crippen LogP) is 4.54. The summed E-state index contributed by atoms with van der Waals surface area (Å²) >= 11 is 0. The Hall–Kier alpha value is -2.87. The van der Waals surface area contributed by atoms with Crippen LogP contribution in [0.2, 0.25) is 0 Å². The zero-order valence-electron chi connectivity index (χ0n) is 16.4. The van der Waals surface area contributed by atoms with Gasteiger partial charge in [0.2, 0.25) is 0 Å². The van der Waals surface area contributed by atoms with E-state index in [1.165, 1.54) is 6.07 Å². The van der Waals surface area contributed by atoms with E-state index in [-0.39, 0.29) is 11.0 Å². The second-order valence-corrected chi connectivity index (χ2v) is 6.57. The van der Waals surface area contributed by atoms with Gasteiger partial charge in [0.05, 0.1) is 11.6 Å². The molecule has 0 saturated heterocycles. The lowest BCUT2D eigenvalue weighted by Gasteiger charge is -2.16. The van der Waals surface area contributed by atoms with Crippen LogP contribution in [0.15, 0.2) is 27.4 Å². The molecule has 0 radical (unpaired) electrons. The van der Waals surface area contributed by atoms with Crippen molar-refractivity contribution in [3.63, 3.8) is 0 Å². The van der Waals surface area contributed by atoms with Crippen LogP contribution in [0, 0.1) is 18.3 Å². The number of aryl methyl sites for hydroxylation is 4. The van der Waals surface area contributed by atoms with E-state index < -0.39 is 5.91 Å². The summed E-state index contributed by atoms with van der Waals surface area (Å²) in [6.07, 6.45) is 3.66. The van der Waals surface area contributed by atoms with E-state index in [0.29, 0.717) is 42.0 Å². The molecule has 1 heterocycles. The standard InChI is InChI=1S/C22H26N2O3/c1-5-8-9-19-20(18(25)10-14(4)27-19)22(26)24-21-16(6-2)11-15(13-23)12-17(21)7-3/h10-12H,5-9H2,1-4H3,(H,24,26). The third kappa shape index (κ3) is 4.65. The molecule has 0 bridgehead atoms. The fourth-order valence-corrected chi connectivity index (χ4v) is 3.15. The maximum atomic E-state index is 13.0. The maximum Gasteiger partial charge on any atom is 0.263 e. The Balaban J connectivity index is 2.50. The summed E-state index contributed by atoms with van der Waals surface area (Å²) in [5, 5.41) is 12.1. The summed E-state index contributed by atoms with van der Waals surface area (Å²) < 4.78 is 5.70. The average Bonchev–Trinajstić information content (AvgIpc) is 2.65. The molecule has 0 spiro atoms. The lowest BCUT2D eigenvalue weighted by atomic mass is 9.99. The molecule has 0 aliphatic heterocycles. The lowest BCUT2D eigenvalue weighted by Crippen LogP contribution is -2.25. The van der Waals surface area contributed by atoms with Crippen molar-refractivity contribution in [1.82, 2.24) is 0 Å². The van der Waals surface area contributed by atoms with Gasteiger partial charge < -0.3 is 9.73 Å². The number of anilines is 1. The van der Waals surface area contributed by atoms with Gasteiger partial charge in [0, 0.05) is 18.2 Å². The number of amides is 1. The summed E-state index contributed by atoms with van der Waals surface area (Å²) in [6.45, 7) is 7.70. The number of unbranched alkanes of at least 4 members (excludes halogenated alkanes) is 1. The van der Waals surface area contributed by atoms with Gasteiger partial charge in [0.15, 0.2) is 5.43 Å². The largest absolute Gasteiger partial charge is 0.465 e. The van der Waals surface area contributed by atoms with Crippen LogP contribution >= 0.6 is 0 Å². The van der Waals surface area contributed by atoms with E-state index >= 15 is 0 Å². The third-order valence-electron chi connectivity index (χ3n) is 4.56. The molecule has 1 aromatic heterocycles. The molecular formula is C22H26N2O3. The van der Waals surface area contributed by atoms with Crippen LogP contribution < -0.4 is 10.7 Å². The van der Waals surface area contributed by atoms with Crippen molar-refractivity contribution in [3.8, 4) is 6.07 Å². The van der Waals surface area contributed by atoms with Crippen molar-refractivity contribution in [2.75, 3.05) is 5.32 Å². The number of nitrogens with one attached hydrogen (secondary N) is 1. The molecule has 5 nitrogen and oxygen atoms in total. The smallest absolute Gasteiger partial charge is 0.263 e. The van der Waals surface area contributed by atoms with Gasteiger partial charge in [-0.3, -0.25) is 9.59 Å². The molecular weight excluding hydrogens is 340 g/mol. The Morgan fingerprint density at radius 2 is 1.78 bits per heavy atom. The minimum Gasteiger partial charge on any atom is -0.465 e. The molecule has 0 aliphatic rings. The molecule has 2 aromatic rings. The third-order valence-corrected chi connectivity index (χ3v) is 4.56. The van der Waals surface area contributed by atoms with Crippen molar-refractivity contribution < 1.29 is 9.21 Å². The number of carbonyl (C=O) groups excluding carboxylic acids is 1. The Morgan fingerprint density at radius 3 is 2.30 bits per heavy atom. The fourth-order valence-electron chi connectivity index (χ4n) is 3.15. The van der Waals surface area contributed by atoms with Gasteiger partial charge in [-0.05, 0) is 49.4 Å². The number of hydrogen-bond acceptors (Lipinski definition) is 4. The molecule has 27 heavy (non-hydrogen) atoms. The molecule has 5 heteroatoms. The van der Waals surface area contributed by atoms with Gasteiger partial charge in [-0.15, -0.1) is 0 Å². The van der Waals surface area contributed by atoms with Gasteiger partial charge in [0.1, 0.15) is 17.1 Å². The van der Waals surface area contributed by atoms with Gasteiger partial charge in [-0.25, -0.2) is 0 Å². The highest BCUT2D eigenvalue weighted by Crippen LogP contribution is 2.26. The highest BCUT2D eigenvalue weighted by molar-refractivity contribution is 6.05. The van der Waals surface area contributed by atoms with Crippen LogP contribution in [0.5, 0.6) is 0 Å². The second kappa shape index (κ2) is 9.18. The monoisotopic (exact) mass is 366 g/mol. The number of nitriles is 1. The predicted molar refractivity (Wildman–Crippen MR) is 106 cm³/mol. The Morgan fingerprint density at radius 1 is 1.15 bits per heavy atom. The highest BCUT2D eigenvalue weighted by Gasteiger charge is 2.21.